The molecule has 0 saturated carbocycles. The van der Waals surface area contributed by atoms with Crippen LogP contribution in [-0.2, 0) is 16.0 Å². The lowest BCUT2D eigenvalue weighted by atomic mass is 10.1. The van der Waals surface area contributed by atoms with Crippen molar-refractivity contribution >= 4 is 23.4 Å². The lowest BCUT2D eigenvalue weighted by Gasteiger charge is -2.07. The van der Waals surface area contributed by atoms with E-state index in [0.717, 1.165) is 5.56 Å². The maximum atomic E-state index is 11.6. The number of halogens is 1. The van der Waals surface area contributed by atoms with E-state index in [4.69, 9.17) is 11.6 Å². The Labute approximate surface area is 118 Å². The first kappa shape index (κ1) is 15.5. The summed E-state index contributed by atoms with van der Waals surface area (Å²) in [6, 6.07) is 9.54. The van der Waals surface area contributed by atoms with Gasteiger partial charge in [0.25, 0.3) is 0 Å². The van der Waals surface area contributed by atoms with Crippen molar-refractivity contribution in [3.8, 4) is 0 Å². The summed E-state index contributed by atoms with van der Waals surface area (Å²) < 4.78 is 0. The summed E-state index contributed by atoms with van der Waals surface area (Å²) >= 11 is 5.49. The van der Waals surface area contributed by atoms with Crippen LogP contribution in [-0.4, -0.2) is 30.8 Å². The highest BCUT2D eigenvalue weighted by atomic mass is 35.5. The van der Waals surface area contributed by atoms with Gasteiger partial charge in [0, 0.05) is 25.4 Å². The van der Waals surface area contributed by atoms with Gasteiger partial charge in [-0.25, -0.2) is 0 Å². The van der Waals surface area contributed by atoms with Crippen molar-refractivity contribution in [1.29, 1.82) is 0 Å². The minimum Gasteiger partial charge on any atom is -0.354 e. The fourth-order valence-corrected chi connectivity index (χ4v) is 1.70. The quantitative estimate of drug-likeness (QED) is 0.560. The summed E-state index contributed by atoms with van der Waals surface area (Å²) in [5.41, 5.74) is 0.978. The van der Waals surface area contributed by atoms with Gasteiger partial charge in [-0.3, -0.25) is 9.59 Å². The van der Waals surface area contributed by atoms with Crippen LogP contribution in [0, 0.1) is 0 Å². The van der Waals surface area contributed by atoms with Crippen molar-refractivity contribution in [1.82, 2.24) is 10.6 Å². The Morgan fingerprint density at radius 1 is 1.00 bits per heavy atom. The number of alkyl halides is 1. The molecule has 1 aromatic carbocycles. The summed E-state index contributed by atoms with van der Waals surface area (Å²) in [6.07, 6.45) is 1.47. The number of rotatable bonds is 8. The first-order valence-corrected chi connectivity index (χ1v) is 6.89. The third kappa shape index (κ3) is 7.47. The van der Waals surface area contributed by atoms with Crippen LogP contribution in [0.15, 0.2) is 30.3 Å². The van der Waals surface area contributed by atoms with Crippen LogP contribution in [0.4, 0.5) is 0 Å². The molecule has 0 aliphatic rings. The molecule has 0 bridgehead atoms. The number of nitrogens with one attached hydrogen (secondary N) is 2. The maximum Gasteiger partial charge on any atom is 0.224 e. The molecular formula is C14H19ClN2O2. The van der Waals surface area contributed by atoms with Gasteiger partial charge in [-0.15, -0.1) is 11.6 Å². The Bertz CT molecular complexity index is 396. The predicted octanol–water partition coefficient (Wildman–Crippen LogP) is 1.48. The van der Waals surface area contributed by atoms with Crippen molar-refractivity contribution in [3.05, 3.63) is 35.9 Å². The van der Waals surface area contributed by atoms with E-state index >= 15 is 0 Å². The Hall–Kier alpha value is -1.55. The van der Waals surface area contributed by atoms with Crippen LogP contribution in [0.1, 0.15) is 18.4 Å². The van der Waals surface area contributed by atoms with Gasteiger partial charge in [-0.2, -0.15) is 0 Å². The number of hydrogen-bond acceptors (Lipinski definition) is 2. The molecule has 0 aliphatic heterocycles. The van der Waals surface area contributed by atoms with Crippen molar-refractivity contribution in [2.75, 3.05) is 19.0 Å². The maximum absolute atomic E-state index is 11.6. The van der Waals surface area contributed by atoms with Gasteiger partial charge in [0.2, 0.25) is 11.8 Å². The highest BCUT2D eigenvalue weighted by molar-refractivity contribution is 6.17. The largest absolute Gasteiger partial charge is 0.354 e. The Morgan fingerprint density at radius 3 is 2.26 bits per heavy atom. The normalized spacial score (nSPS) is 9.95. The number of amides is 2. The third-order valence-electron chi connectivity index (χ3n) is 2.51. The molecule has 1 rings (SSSR count). The number of benzene rings is 1. The summed E-state index contributed by atoms with van der Waals surface area (Å²) in [7, 11) is 0. The van der Waals surface area contributed by atoms with E-state index in [-0.39, 0.29) is 11.8 Å². The van der Waals surface area contributed by atoms with Crippen LogP contribution < -0.4 is 10.6 Å². The van der Waals surface area contributed by atoms with Crippen LogP contribution in [0.2, 0.25) is 0 Å². The zero-order valence-electron chi connectivity index (χ0n) is 10.8. The van der Waals surface area contributed by atoms with E-state index in [2.05, 4.69) is 10.6 Å². The molecule has 2 N–H and O–H groups in total. The van der Waals surface area contributed by atoms with Gasteiger partial charge in [-0.05, 0) is 12.0 Å². The first-order chi connectivity index (χ1) is 9.22. The van der Waals surface area contributed by atoms with E-state index in [1.807, 2.05) is 30.3 Å². The average Bonchev–Trinajstić information content (AvgIpc) is 2.42. The molecule has 4 nitrogen and oxygen atoms in total. The smallest absolute Gasteiger partial charge is 0.224 e. The number of hydrogen-bond donors (Lipinski definition) is 2. The fourth-order valence-electron chi connectivity index (χ4n) is 1.56. The van der Waals surface area contributed by atoms with Crippen molar-refractivity contribution in [2.24, 2.45) is 0 Å². The third-order valence-corrected chi connectivity index (χ3v) is 2.78. The Balaban J connectivity index is 2.09. The highest BCUT2D eigenvalue weighted by Crippen LogP contribution is 1.98. The second-order valence-electron chi connectivity index (χ2n) is 4.15. The summed E-state index contributed by atoms with van der Waals surface area (Å²) in [6.45, 7) is 0.889. The minimum absolute atomic E-state index is 0.0297. The Kier molecular flexibility index (Phi) is 7.66. The second-order valence-corrected chi connectivity index (χ2v) is 4.53. The summed E-state index contributed by atoms with van der Waals surface area (Å²) in [5, 5.41) is 5.49. The van der Waals surface area contributed by atoms with Gasteiger partial charge >= 0.3 is 0 Å². The molecule has 0 aliphatic carbocycles. The van der Waals surface area contributed by atoms with E-state index in [1.165, 1.54) is 0 Å². The lowest BCUT2D eigenvalue weighted by molar-refractivity contribution is -0.122. The zero-order valence-corrected chi connectivity index (χ0v) is 11.6. The molecular weight excluding hydrogens is 264 g/mol. The molecule has 0 spiro atoms. The van der Waals surface area contributed by atoms with Crippen molar-refractivity contribution in [2.45, 2.75) is 19.3 Å². The molecule has 0 aromatic heterocycles. The number of carbonyl (C=O) groups is 2. The summed E-state index contributed by atoms with van der Waals surface area (Å²) in [5.74, 6) is 0.417. The van der Waals surface area contributed by atoms with Gasteiger partial charge in [-0.1, -0.05) is 30.3 Å². The molecule has 0 unspecified atom stereocenters. The van der Waals surface area contributed by atoms with Crippen LogP contribution >= 0.6 is 11.6 Å². The average molecular weight is 283 g/mol. The van der Waals surface area contributed by atoms with Gasteiger partial charge < -0.3 is 10.6 Å². The van der Waals surface area contributed by atoms with Gasteiger partial charge in [0.05, 0.1) is 6.42 Å². The van der Waals surface area contributed by atoms with E-state index in [0.29, 0.717) is 38.2 Å². The van der Waals surface area contributed by atoms with E-state index < -0.39 is 0 Å². The van der Waals surface area contributed by atoms with E-state index in [1.54, 1.807) is 0 Å². The summed E-state index contributed by atoms with van der Waals surface area (Å²) in [4.78, 5) is 22.8. The molecule has 0 fully saturated rings. The number of carbonyl (C=O) groups excluding carboxylic acids is 2. The van der Waals surface area contributed by atoms with Gasteiger partial charge in [0.1, 0.15) is 0 Å². The molecule has 5 heteroatoms. The fraction of sp³-hybridized carbons (Fsp3) is 0.429. The zero-order chi connectivity index (χ0) is 13.9. The minimum atomic E-state index is -0.0405. The molecule has 104 valence electrons. The van der Waals surface area contributed by atoms with Crippen molar-refractivity contribution < 1.29 is 9.59 Å². The highest BCUT2D eigenvalue weighted by Gasteiger charge is 2.03. The topological polar surface area (TPSA) is 58.2 Å². The molecule has 0 heterocycles. The van der Waals surface area contributed by atoms with Crippen LogP contribution in [0.3, 0.4) is 0 Å². The second kappa shape index (κ2) is 9.39. The van der Waals surface area contributed by atoms with Crippen molar-refractivity contribution in [3.63, 3.8) is 0 Å². The first-order valence-electron chi connectivity index (χ1n) is 6.35. The SMILES string of the molecule is O=C(CCCCl)NCCNC(=O)Cc1ccccc1. The lowest BCUT2D eigenvalue weighted by Crippen LogP contribution is -2.35. The molecule has 1 aromatic rings. The predicted molar refractivity (Wildman–Crippen MR) is 76.1 cm³/mol. The standard InChI is InChI=1S/C14H19ClN2O2/c15-8-4-7-13(18)16-9-10-17-14(19)11-12-5-2-1-3-6-12/h1-3,5-6H,4,7-11H2,(H,16,18)(H,17,19). The molecule has 0 radical (unpaired) electrons. The van der Waals surface area contributed by atoms with Crippen LogP contribution in [0.25, 0.3) is 0 Å². The molecule has 0 atom stereocenters. The molecule has 2 amide bonds. The van der Waals surface area contributed by atoms with Gasteiger partial charge in [0.15, 0.2) is 0 Å². The molecule has 0 saturated heterocycles. The van der Waals surface area contributed by atoms with Crippen LogP contribution in [0.5, 0.6) is 0 Å². The monoisotopic (exact) mass is 282 g/mol. The Morgan fingerprint density at radius 2 is 1.63 bits per heavy atom. The molecule has 19 heavy (non-hydrogen) atoms. The van der Waals surface area contributed by atoms with E-state index in [9.17, 15) is 9.59 Å².